The number of hydrogen-bond acceptors (Lipinski definition) is 1. The summed E-state index contributed by atoms with van der Waals surface area (Å²) < 4.78 is 37.0. The SMILES string of the molecule is CC(C)Cc1cc(Cl)c(C(F)(F)F)cn1. The summed E-state index contributed by atoms with van der Waals surface area (Å²) in [6.07, 6.45) is -3.02. The zero-order valence-corrected chi connectivity index (χ0v) is 9.15. The molecule has 15 heavy (non-hydrogen) atoms. The average Bonchev–Trinajstić information content (AvgIpc) is 1.99. The van der Waals surface area contributed by atoms with Crippen LogP contribution in [0.3, 0.4) is 0 Å². The Morgan fingerprint density at radius 3 is 2.40 bits per heavy atom. The van der Waals surface area contributed by atoms with E-state index in [4.69, 9.17) is 11.6 Å². The highest BCUT2D eigenvalue weighted by molar-refractivity contribution is 6.31. The van der Waals surface area contributed by atoms with Crippen molar-refractivity contribution in [1.82, 2.24) is 4.98 Å². The van der Waals surface area contributed by atoms with Crippen molar-refractivity contribution < 1.29 is 13.2 Å². The standard InChI is InChI=1S/C10H11ClF3N/c1-6(2)3-7-4-9(11)8(5-15-7)10(12,13)14/h4-6H,3H2,1-2H3. The average molecular weight is 238 g/mol. The van der Waals surface area contributed by atoms with Crippen LogP contribution in [0, 0.1) is 5.92 Å². The lowest BCUT2D eigenvalue weighted by Crippen LogP contribution is -2.08. The van der Waals surface area contributed by atoms with E-state index in [0.717, 1.165) is 6.20 Å². The highest BCUT2D eigenvalue weighted by Gasteiger charge is 2.33. The Kier molecular flexibility index (Phi) is 3.60. The minimum Gasteiger partial charge on any atom is -0.261 e. The Balaban J connectivity index is 2.99. The first-order valence-corrected chi connectivity index (χ1v) is 4.90. The van der Waals surface area contributed by atoms with Gasteiger partial charge in [0.2, 0.25) is 0 Å². The molecule has 84 valence electrons. The molecular weight excluding hydrogens is 227 g/mol. The van der Waals surface area contributed by atoms with E-state index >= 15 is 0 Å². The van der Waals surface area contributed by atoms with Crippen LogP contribution in [0.25, 0.3) is 0 Å². The molecule has 0 saturated heterocycles. The predicted octanol–water partition coefficient (Wildman–Crippen LogP) is 3.95. The molecule has 0 N–H and O–H groups in total. The third kappa shape index (κ3) is 3.38. The Morgan fingerprint density at radius 1 is 1.40 bits per heavy atom. The fourth-order valence-electron chi connectivity index (χ4n) is 1.21. The van der Waals surface area contributed by atoms with Gasteiger partial charge in [0.25, 0.3) is 0 Å². The van der Waals surface area contributed by atoms with Crippen LogP contribution in [0.15, 0.2) is 12.3 Å². The number of aromatic nitrogens is 1. The molecule has 0 amide bonds. The van der Waals surface area contributed by atoms with Crippen LogP contribution in [-0.4, -0.2) is 4.98 Å². The van der Waals surface area contributed by atoms with Gasteiger partial charge in [0.05, 0.1) is 10.6 Å². The van der Waals surface area contributed by atoms with E-state index < -0.39 is 11.7 Å². The first-order chi connectivity index (χ1) is 6.80. The summed E-state index contributed by atoms with van der Waals surface area (Å²) in [5.74, 6) is 0.338. The molecule has 0 aliphatic carbocycles. The first kappa shape index (κ1) is 12.3. The molecule has 0 aliphatic rings. The van der Waals surface area contributed by atoms with Crippen LogP contribution >= 0.6 is 11.6 Å². The summed E-state index contributed by atoms with van der Waals surface area (Å²) in [6, 6.07) is 1.28. The molecule has 0 aliphatic heterocycles. The van der Waals surface area contributed by atoms with Gasteiger partial charge in [0, 0.05) is 11.9 Å². The summed E-state index contributed by atoms with van der Waals surface area (Å²) in [5.41, 5.74) is -0.292. The summed E-state index contributed by atoms with van der Waals surface area (Å²) in [5, 5.41) is -0.284. The van der Waals surface area contributed by atoms with Gasteiger partial charge in [-0.1, -0.05) is 25.4 Å². The summed E-state index contributed by atoms with van der Waals surface area (Å²) in [4.78, 5) is 3.74. The Labute approximate surface area is 91.3 Å². The molecule has 1 nitrogen and oxygen atoms in total. The summed E-state index contributed by atoms with van der Waals surface area (Å²) >= 11 is 5.54. The van der Waals surface area contributed by atoms with Gasteiger partial charge in [-0.25, -0.2) is 0 Å². The molecule has 0 radical (unpaired) electrons. The molecule has 1 aromatic heterocycles. The van der Waals surface area contributed by atoms with Gasteiger partial charge in [-0.3, -0.25) is 4.98 Å². The highest BCUT2D eigenvalue weighted by Crippen LogP contribution is 2.34. The van der Waals surface area contributed by atoms with Crippen LogP contribution in [-0.2, 0) is 12.6 Å². The Bertz CT molecular complexity index is 347. The van der Waals surface area contributed by atoms with E-state index in [-0.39, 0.29) is 5.02 Å². The van der Waals surface area contributed by atoms with Crippen molar-refractivity contribution in [1.29, 1.82) is 0 Å². The lowest BCUT2D eigenvalue weighted by molar-refractivity contribution is -0.137. The van der Waals surface area contributed by atoms with Crippen molar-refractivity contribution in [3.8, 4) is 0 Å². The number of halogens is 4. The third-order valence-corrected chi connectivity index (χ3v) is 2.15. The van der Waals surface area contributed by atoms with E-state index in [9.17, 15) is 13.2 Å². The number of hydrogen-bond donors (Lipinski definition) is 0. The van der Waals surface area contributed by atoms with Crippen molar-refractivity contribution in [3.05, 3.63) is 28.5 Å². The van der Waals surface area contributed by atoms with Crippen molar-refractivity contribution in [3.63, 3.8) is 0 Å². The van der Waals surface area contributed by atoms with Crippen molar-refractivity contribution in [2.45, 2.75) is 26.4 Å². The van der Waals surface area contributed by atoms with Gasteiger partial charge in [0.15, 0.2) is 0 Å². The minimum absolute atomic E-state index is 0.284. The smallest absolute Gasteiger partial charge is 0.261 e. The second-order valence-electron chi connectivity index (χ2n) is 3.75. The second kappa shape index (κ2) is 4.39. The minimum atomic E-state index is -4.43. The molecule has 0 saturated carbocycles. The maximum absolute atomic E-state index is 12.3. The quantitative estimate of drug-likeness (QED) is 0.759. The lowest BCUT2D eigenvalue weighted by atomic mass is 10.1. The van der Waals surface area contributed by atoms with E-state index in [1.165, 1.54) is 6.07 Å². The fraction of sp³-hybridized carbons (Fsp3) is 0.500. The number of pyridine rings is 1. The molecule has 1 rings (SSSR count). The number of nitrogens with zero attached hydrogens (tertiary/aromatic N) is 1. The molecule has 1 heterocycles. The van der Waals surface area contributed by atoms with Crippen LogP contribution in [0.2, 0.25) is 5.02 Å². The molecule has 0 unspecified atom stereocenters. The van der Waals surface area contributed by atoms with Gasteiger partial charge in [-0.15, -0.1) is 0 Å². The van der Waals surface area contributed by atoms with E-state index in [2.05, 4.69) is 4.98 Å². The molecule has 1 aromatic rings. The fourth-order valence-corrected chi connectivity index (χ4v) is 1.49. The maximum atomic E-state index is 12.3. The lowest BCUT2D eigenvalue weighted by Gasteiger charge is -2.10. The van der Waals surface area contributed by atoms with Gasteiger partial charge in [0.1, 0.15) is 0 Å². The molecule has 0 fully saturated rings. The molecular formula is C10H11ClF3N. The molecule has 5 heteroatoms. The Hall–Kier alpha value is -0.770. The summed E-state index contributed by atoms with van der Waals surface area (Å²) in [6.45, 7) is 3.93. The van der Waals surface area contributed by atoms with Crippen LogP contribution in [0.5, 0.6) is 0 Å². The largest absolute Gasteiger partial charge is 0.419 e. The van der Waals surface area contributed by atoms with E-state index in [1.807, 2.05) is 13.8 Å². The molecule has 0 atom stereocenters. The van der Waals surface area contributed by atoms with Crippen molar-refractivity contribution in [2.24, 2.45) is 5.92 Å². The summed E-state index contributed by atoms with van der Waals surface area (Å²) in [7, 11) is 0. The van der Waals surface area contributed by atoms with Gasteiger partial charge in [-0.2, -0.15) is 13.2 Å². The zero-order chi connectivity index (χ0) is 11.6. The monoisotopic (exact) mass is 237 g/mol. The van der Waals surface area contributed by atoms with Gasteiger partial charge >= 0.3 is 6.18 Å². The highest BCUT2D eigenvalue weighted by atomic mass is 35.5. The van der Waals surface area contributed by atoms with Crippen molar-refractivity contribution in [2.75, 3.05) is 0 Å². The normalized spacial score (nSPS) is 12.2. The van der Waals surface area contributed by atoms with Crippen LogP contribution in [0.1, 0.15) is 25.1 Å². The topological polar surface area (TPSA) is 12.9 Å². The first-order valence-electron chi connectivity index (χ1n) is 4.52. The number of alkyl halides is 3. The zero-order valence-electron chi connectivity index (χ0n) is 8.40. The number of rotatable bonds is 2. The van der Waals surface area contributed by atoms with Gasteiger partial charge in [-0.05, 0) is 18.4 Å². The molecule has 0 bridgehead atoms. The van der Waals surface area contributed by atoms with Crippen LogP contribution in [0.4, 0.5) is 13.2 Å². The van der Waals surface area contributed by atoms with Gasteiger partial charge < -0.3 is 0 Å². The van der Waals surface area contributed by atoms with E-state index in [1.54, 1.807) is 0 Å². The molecule has 0 spiro atoms. The van der Waals surface area contributed by atoms with Crippen molar-refractivity contribution >= 4 is 11.6 Å². The predicted molar refractivity (Wildman–Crippen MR) is 52.8 cm³/mol. The second-order valence-corrected chi connectivity index (χ2v) is 4.16. The van der Waals surface area contributed by atoms with Crippen LogP contribution < -0.4 is 0 Å². The third-order valence-electron chi connectivity index (χ3n) is 1.83. The maximum Gasteiger partial charge on any atom is 0.419 e. The van der Waals surface area contributed by atoms with E-state index in [0.29, 0.717) is 18.0 Å². The molecule has 0 aromatic carbocycles. The Morgan fingerprint density at radius 2 is 2.00 bits per heavy atom.